The number of sulfonamides is 1. The molecule has 1 amide bonds. The number of benzene rings is 2. The smallest absolute Gasteiger partial charge is 0.355 e. The van der Waals surface area contributed by atoms with Gasteiger partial charge in [-0.3, -0.25) is 14.3 Å². The van der Waals surface area contributed by atoms with Gasteiger partial charge in [0.15, 0.2) is 0 Å². The van der Waals surface area contributed by atoms with Gasteiger partial charge in [-0.15, -0.1) is 0 Å². The van der Waals surface area contributed by atoms with Crippen molar-refractivity contribution in [3.8, 4) is 22.8 Å². The van der Waals surface area contributed by atoms with Crippen molar-refractivity contribution in [2.24, 2.45) is 5.73 Å². The number of carboxylic acids is 1. The highest BCUT2D eigenvalue weighted by Gasteiger charge is 2.28. The number of nitrogens with zero attached hydrogens (tertiary/aromatic N) is 3. The average Bonchev–Trinajstić information content (AvgIpc) is 3.47. The van der Waals surface area contributed by atoms with Crippen molar-refractivity contribution in [1.82, 2.24) is 14.8 Å². The van der Waals surface area contributed by atoms with Crippen LogP contribution >= 0.6 is 0 Å². The Bertz CT molecular complexity index is 2030. The number of anilines is 3. The largest absolute Gasteiger partial charge is 0.492 e. The number of hydrogen-bond donors (Lipinski definition) is 4. The Morgan fingerprint density at radius 2 is 1.75 bits per heavy atom. The number of aromatic nitrogens is 3. The van der Waals surface area contributed by atoms with E-state index in [1.807, 2.05) is 4.72 Å². The van der Waals surface area contributed by atoms with Crippen LogP contribution in [0.4, 0.5) is 30.5 Å². The zero-order chi connectivity index (χ0) is 40.3. The molecule has 0 aliphatic rings. The minimum absolute atomic E-state index is 0.0363. The van der Waals surface area contributed by atoms with E-state index in [4.69, 9.17) is 25.1 Å². The van der Waals surface area contributed by atoms with E-state index in [1.165, 1.54) is 53.3 Å². The van der Waals surface area contributed by atoms with Crippen molar-refractivity contribution in [2.75, 3.05) is 23.3 Å². The van der Waals surface area contributed by atoms with Gasteiger partial charge in [0, 0.05) is 26.7 Å². The highest BCUT2D eigenvalue weighted by Crippen LogP contribution is 2.38. The van der Waals surface area contributed by atoms with Crippen molar-refractivity contribution in [3.63, 3.8) is 0 Å². The average molecular weight is 807 g/mol. The lowest BCUT2D eigenvalue weighted by atomic mass is 10.1. The number of hydrogen-bond acceptors (Lipinski definition) is 10. The Balaban J connectivity index is 1.70. The fraction of sp³-hybridized carbons (Fsp3) is 0.389. The zero-order valence-corrected chi connectivity index (χ0v) is 32.7. The van der Waals surface area contributed by atoms with Crippen molar-refractivity contribution < 1.29 is 50.5 Å². The molecule has 298 valence electrons. The maximum absolute atomic E-state index is 13.6. The minimum Gasteiger partial charge on any atom is -0.492 e. The maximum atomic E-state index is 13.6. The molecule has 55 heavy (non-hydrogen) atoms. The molecule has 0 spiro atoms. The first-order valence-electron chi connectivity index (χ1n) is 17.4. The molecule has 0 saturated heterocycles. The molecule has 19 heteroatoms. The molecule has 2 aromatic carbocycles. The third-order valence-corrected chi connectivity index (χ3v) is 10.8. The molecule has 2 aromatic heterocycles. The van der Waals surface area contributed by atoms with Gasteiger partial charge in [0.05, 0.1) is 18.5 Å². The number of unbranched alkanes of at least 4 members (excludes halogenated alkanes) is 2. The normalized spacial score (nSPS) is 12.4. The quantitative estimate of drug-likeness (QED) is 0.0457. The maximum Gasteiger partial charge on any atom is 0.355 e. The molecule has 0 aliphatic carbocycles. The van der Waals surface area contributed by atoms with Crippen LogP contribution in [0.15, 0.2) is 60.8 Å². The number of carbonyl (C=O) groups is 2. The summed E-state index contributed by atoms with van der Waals surface area (Å²) in [5.41, 5.74) is 6.27. The van der Waals surface area contributed by atoms with E-state index in [0.29, 0.717) is 49.6 Å². The Kier molecular flexibility index (Phi) is 14.7. The van der Waals surface area contributed by atoms with Gasteiger partial charge in [-0.05, 0) is 74.2 Å². The summed E-state index contributed by atoms with van der Waals surface area (Å²) in [5.74, 6) is -5.28. The third kappa shape index (κ3) is 12.7. The Morgan fingerprint density at radius 1 is 1.02 bits per heavy atom. The monoisotopic (exact) mass is 806 g/mol. The number of halogens is 3. The van der Waals surface area contributed by atoms with E-state index in [1.54, 1.807) is 19.1 Å². The predicted octanol–water partition coefficient (Wildman–Crippen LogP) is 7.37. The number of nitrogens with two attached hydrogens (primary N) is 1. The molecule has 0 fully saturated rings. The fourth-order valence-corrected chi connectivity index (χ4v) is 6.42. The van der Waals surface area contributed by atoms with Crippen LogP contribution in [0.3, 0.4) is 0 Å². The first-order chi connectivity index (χ1) is 25.9. The van der Waals surface area contributed by atoms with Crippen LogP contribution in [-0.2, 0) is 26.3 Å². The fourth-order valence-electron chi connectivity index (χ4n) is 5.09. The molecular weight excluding hydrogens is 762 g/mol. The summed E-state index contributed by atoms with van der Waals surface area (Å²) in [5, 5.41) is 16.5. The number of carbonyl (C=O) groups excluding carboxylic acids is 1. The van der Waals surface area contributed by atoms with Gasteiger partial charge in [-0.25, -0.2) is 22.5 Å². The lowest BCUT2D eigenvalue weighted by molar-refractivity contribution is -0.137. The lowest BCUT2D eigenvalue weighted by Gasteiger charge is -2.19. The van der Waals surface area contributed by atoms with Crippen molar-refractivity contribution >= 4 is 47.3 Å². The van der Waals surface area contributed by atoms with E-state index >= 15 is 0 Å². The number of ether oxygens (including phenoxy) is 3. The molecule has 4 aromatic rings. The second-order valence-corrected chi connectivity index (χ2v) is 21.0. The Hall–Kier alpha value is -5.14. The minimum atomic E-state index is -5.12. The summed E-state index contributed by atoms with van der Waals surface area (Å²) >= 11 is 0. The number of nitrogens with one attached hydrogen (secondary N) is 2. The van der Waals surface area contributed by atoms with Crippen LogP contribution in [0.1, 0.15) is 54.6 Å². The molecule has 4 rings (SSSR count). The molecule has 0 saturated carbocycles. The first kappa shape index (κ1) is 42.6. The third-order valence-electron chi connectivity index (χ3n) is 8.08. The molecule has 0 unspecified atom stereocenters. The van der Waals surface area contributed by atoms with Gasteiger partial charge in [-0.2, -0.15) is 13.9 Å². The van der Waals surface area contributed by atoms with Crippen molar-refractivity contribution in [1.29, 1.82) is 0 Å². The zero-order valence-electron chi connectivity index (χ0n) is 30.9. The van der Waals surface area contributed by atoms with Gasteiger partial charge >= 0.3 is 11.7 Å². The summed E-state index contributed by atoms with van der Waals surface area (Å²) in [6, 6.07) is 13.3. The van der Waals surface area contributed by atoms with Crippen LogP contribution < -0.4 is 25.2 Å². The van der Waals surface area contributed by atoms with Crippen LogP contribution in [-0.4, -0.2) is 67.2 Å². The van der Waals surface area contributed by atoms with Crippen LogP contribution in [0.5, 0.6) is 11.5 Å². The lowest BCUT2D eigenvalue weighted by Crippen LogP contribution is -2.22. The second kappa shape index (κ2) is 18.9. The number of aliphatic carboxylic acids is 1. The standard InChI is InChI=1S/C36H45F3N6O8SSi/c1-23(24-9-12-26(37)13-10-24)53-29-20-25(11-15-28(29)44-54(49,50)36(38)39)33-32(34(40)48)35(45(43-33)22-51-18-19-55(2,3)4)42-30-16-14-27(21-41-30)52-17-7-5-6-8-31(46)47/h9-16,20-21,23,36,44H,5-8,17-19,22H2,1-4H3,(H2,40,48)(H,41,42)(H,46,47)/t23-/m0/s1. The van der Waals surface area contributed by atoms with Crippen LogP contribution in [0.25, 0.3) is 11.3 Å². The topological polar surface area (TPSA) is 197 Å². The molecule has 0 radical (unpaired) electrons. The molecule has 1 atom stereocenters. The number of carboxylic acid groups (broad SMARTS) is 1. The van der Waals surface area contributed by atoms with Gasteiger partial charge < -0.3 is 30.4 Å². The van der Waals surface area contributed by atoms with Gasteiger partial charge in [-0.1, -0.05) is 37.8 Å². The second-order valence-electron chi connectivity index (χ2n) is 13.8. The number of pyridine rings is 1. The summed E-state index contributed by atoms with van der Waals surface area (Å²) in [4.78, 5) is 28.3. The summed E-state index contributed by atoms with van der Waals surface area (Å²) in [7, 11) is -6.59. The molecular formula is C36H45F3N6O8SSi. The van der Waals surface area contributed by atoms with Crippen molar-refractivity contribution in [2.45, 2.75) is 76.9 Å². The van der Waals surface area contributed by atoms with E-state index < -0.39 is 47.7 Å². The SMILES string of the molecule is C[C@H](Oc1cc(-c2nn(COCC[Si](C)(C)C)c(Nc3ccc(OCCCCCC(=O)O)cn3)c2C(N)=O)ccc1NS(=O)(=O)C(F)F)c1ccc(F)cc1. The number of alkyl halides is 2. The van der Waals surface area contributed by atoms with Crippen LogP contribution in [0.2, 0.25) is 25.7 Å². The molecule has 0 bridgehead atoms. The highest BCUT2D eigenvalue weighted by atomic mass is 32.2. The van der Waals surface area contributed by atoms with E-state index in [-0.39, 0.29) is 47.2 Å². The number of primary amides is 1. The summed E-state index contributed by atoms with van der Waals surface area (Å²) in [6.07, 6.45) is 2.65. The molecule has 2 heterocycles. The summed E-state index contributed by atoms with van der Waals surface area (Å²) < 4.78 is 85.8. The van der Waals surface area contributed by atoms with Crippen molar-refractivity contribution in [3.05, 3.63) is 77.7 Å². The number of amides is 1. The summed E-state index contributed by atoms with van der Waals surface area (Å²) in [6.45, 7) is 8.85. The molecule has 5 N–H and O–H groups in total. The Morgan fingerprint density at radius 3 is 2.36 bits per heavy atom. The first-order valence-corrected chi connectivity index (χ1v) is 22.6. The molecule has 0 aliphatic heterocycles. The highest BCUT2D eigenvalue weighted by molar-refractivity contribution is 7.93. The van der Waals surface area contributed by atoms with E-state index in [0.717, 1.165) is 6.04 Å². The predicted molar refractivity (Wildman–Crippen MR) is 203 cm³/mol. The van der Waals surface area contributed by atoms with Crippen LogP contribution in [0, 0.1) is 5.82 Å². The molecule has 14 nitrogen and oxygen atoms in total. The van der Waals surface area contributed by atoms with Gasteiger partial charge in [0.25, 0.3) is 15.9 Å². The van der Waals surface area contributed by atoms with Gasteiger partial charge in [0.1, 0.15) is 53.0 Å². The Labute approximate surface area is 318 Å². The van der Waals surface area contributed by atoms with E-state index in [2.05, 4.69) is 35.0 Å². The van der Waals surface area contributed by atoms with E-state index in [9.17, 15) is 31.2 Å². The van der Waals surface area contributed by atoms with Gasteiger partial charge in [0.2, 0.25) is 0 Å². The number of rotatable bonds is 22.